The fourth-order valence-corrected chi connectivity index (χ4v) is 18.4. The molecule has 1 aliphatic rings. The number of hydrogen-bond donors (Lipinski definition) is 0. The lowest BCUT2D eigenvalue weighted by Crippen LogP contribution is -2.98. The van der Waals surface area contributed by atoms with Crippen molar-refractivity contribution in [2.24, 2.45) is 0 Å². The SMILES string of the molecule is Cc1ccc(S(=O)(=O)N2c3ccc(F)cc3CCC2CCc2ccc(Cl)cc2F)cc1.[B][B]B([B])B(B([B])[B])B(B(B(B([B])[B])B([B])[B])B(B([B])[B])B([B])[B])B(B(B(B([B])[B])B([B])[B])B(B([B])[B])B([B])[B])B(B(B(B([B])[B])B([B])[B])B(B([B])[B])B([B])[B])B(B(B([B])[B])B([B])[B])B(B([B])[B])B([B])[B]. The molecule has 0 amide bonds. The number of hydrogen-bond acceptors (Lipinski definition) is 2. The van der Waals surface area contributed by atoms with Crippen molar-refractivity contribution in [3.63, 3.8) is 0 Å². The number of halogens is 3. The summed E-state index contributed by atoms with van der Waals surface area (Å²) in [6, 6.07) is 15.0. The Hall–Kier alpha value is 2.17. The van der Waals surface area contributed by atoms with Gasteiger partial charge in [0.2, 0.25) is 0 Å². The van der Waals surface area contributed by atoms with Crippen molar-refractivity contribution in [3.8, 4) is 0 Å². The maximum absolute atomic E-state index is 14.3. The van der Waals surface area contributed by atoms with Crippen LogP contribution in [0, 0.1) is 18.6 Å². The second kappa shape index (κ2) is 44.7. The fraction of sp³-hybridized carbons (Fsp3) is 0.250. The Bertz CT molecular complexity index is 2860. The van der Waals surface area contributed by atoms with Gasteiger partial charge >= 0.3 is 0 Å². The molecule has 102 heavy (non-hydrogen) atoms. The van der Waals surface area contributed by atoms with Gasteiger partial charge in [-0.3, -0.25) is 4.31 Å². The molecule has 3 aromatic rings. The van der Waals surface area contributed by atoms with Crippen LogP contribution in [0.15, 0.2) is 65.6 Å². The minimum atomic E-state index is -3.88. The molecule has 0 bridgehead atoms. The van der Waals surface area contributed by atoms with Crippen molar-refractivity contribution < 1.29 is 17.2 Å². The van der Waals surface area contributed by atoms with Gasteiger partial charge in [-0.25, -0.2) is 17.2 Å². The molecule has 1 unspecified atom stereocenters. The van der Waals surface area contributed by atoms with E-state index in [4.69, 9.17) is 290 Å². The predicted molar refractivity (Wildman–Crippen MR) is 528 cm³/mol. The zero-order chi connectivity index (χ0) is 78.5. The highest BCUT2D eigenvalue weighted by molar-refractivity contribution is 8.40. The zero-order valence-electron chi connectivity index (χ0n) is 58.0. The highest BCUT2D eigenvalue weighted by Gasteiger charge is 2.65. The second-order valence-electron chi connectivity index (χ2n) is 27.7. The Morgan fingerprint density at radius 2 is 0.686 bits per heavy atom. The summed E-state index contributed by atoms with van der Waals surface area (Å²) in [7, 11) is 240. The summed E-state index contributed by atoms with van der Waals surface area (Å²) in [5.74, 6) is -0.799. The number of sulfonamides is 1. The van der Waals surface area contributed by atoms with Crippen LogP contribution in [-0.4, -0.2) is 517 Å². The Morgan fingerprint density at radius 3 is 0.961 bits per heavy atom. The molecule has 1 aliphatic heterocycles. The van der Waals surface area contributed by atoms with Gasteiger partial charge in [-0.2, -0.15) is 0 Å². The van der Waals surface area contributed by atoms with E-state index in [2.05, 4.69) is 0 Å². The molecule has 0 aliphatic carbocycles. The summed E-state index contributed by atoms with van der Waals surface area (Å²) in [4.78, 5) is 0.179. The summed E-state index contributed by atoms with van der Waals surface area (Å²) in [6.45, 7) is 1.89. The third kappa shape index (κ3) is 25.6. The third-order valence-corrected chi connectivity index (χ3v) is 22.7. The van der Waals surface area contributed by atoms with Gasteiger partial charge in [0.25, 0.3) is 10.0 Å². The molecule has 0 saturated heterocycles. The standard InChI is InChI=1S/C24H22ClF2NO2S.B71/c1-16-2-11-22(12-3-16)31(29,30)28-21(9-5-17-4-7-19(25)15-23(17)27)10-6-18-14-20(26)8-13-24(18)28;1-37-55(36)64(54(34)35)69(65(56(38(2)3)39(4)5)57(40(6)7)41(8)9)71(68(62(50(26)27)51(28)29)63(52(30)31)53(32)33)70(66(58(42(10)11)43(12)13)59(44(14)15)45(16)17)67(60(46(18)19)47(20)21)61(48(22)23)49(24)25/h2-4,7-8,11-15,21H,5-6,9-10H2,1H3;. The summed E-state index contributed by atoms with van der Waals surface area (Å²) in [5, 5.41) is 0.318. The molecule has 0 aromatic heterocycles. The van der Waals surface area contributed by atoms with Gasteiger partial charge in [-0.05, 0) is 86.2 Å². The van der Waals surface area contributed by atoms with Crippen molar-refractivity contribution in [2.75, 3.05) is 4.31 Å². The van der Waals surface area contributed by atoms with E-state index >= 15 is 0 Å². The monoisotopic (exact) mass is 1240 g/mol. The van der Waals surface area contributed by atoms with E-state index in [1.54, 1.807) is 36.4 Å². The summed E-state index contributed by atoms with van der Waals surface area (Å²) in [5.41, 5.74) is 2.58. The molecule has 3 aromatic carbocycles. The number of nitrogens with zero attached hydrogens (tertiary/aromatic N) is 1. The molecule has 0 spiro atoms. The smallest absolute Gasteiger partial charge is 0.263 e. The van der Waals surface area contributed by atoms with Crippen LogP contribution in [0.3, 0.4) is 0 Å². The quantitative estimate of drug-likeness (QED) is 0.0534. The van der Waals surface area contributed by atoms with Crippen LogP contribution in [0.4, 0.5) is 14.5 Å². The van der Waals surface area contributed by atoms with E-state index < -0.39 is 239 Å². The number of anilines is 1. The molecule has 1 atom stereocenters. The summed E-state index contributed by atoms with van der Waals surface area (Å²) in [6.07, 6.45) is -50.8. The number of rotatable bonds is 39. The highest BCUT2D eigenvalue weighted by atomic mass is 35.5. The van der Waals surface area contributed by atoms with E-state index in [1.165, 1.54) is 28.6 Å². The first-order valence-corrected chi connectivity index (χ1v) is 35.2. The summed E-state index contributed by atoms with van der Waals surface area (Å²) < 4.78 is 56.7. The van der Waals surface area contributed by atoms with Gasteiger partial charge in [-0.15, -0.1) is 0 Å². The average molecular weight is 1230 g/mol. The van der Waals surface area contributed by atoms with Crippen LogP contribution in [0.5, 0.6) is 0 Å². The number of aryl methyl sites for hydroxylation is 3. The lowest BCUT2D eigenvalue weighted by atomic mass is 8.21. The first kappa shape index (κ1) is 98.4. The molecule has 375 valence electrons. The Morgan fingerprint density at radius 1 is 0.402 bits per heavy atom. The van der Waals surface area contributed by atoms with Gasteiger partial charge in [0.15, 0.2) is 0 Å². The van der Waals surface area contributed by atoms with Crippen molar-refractivity contribution in [1.82, 2.24) is 0 Å². The number of fused-ring (bicyclic) bond motifs is 1. The van der Waals surface area contributed by atoms with E-state index in [1.807, 2.05) is 6.92 Å². The minimum Gasteiger partial charge on any atom is -0.263 e. The van der Waals surface area contributed by atoms with Crippen LogP contribution < -0.4 is 4.31 Å². The molecule has 3 nitrogen and oxygen atoms in total. The van der Waals surface area contributed by atoms with Crippen LogP contribution in [0.25, 0.3) is 0 Å². The van der Waals surface area contributed by atoms with Gasteiger partial charge in [0.05, 0.1) is 10.6 Å². The first-order chi connectivity index (χ1) is 47.1. The molecule has 0 N–H and O–H groups in total. The molecule has 0 fully saturated rings. The zero-order valence-corrected chi connectivity index (χ0v) is 59.5. The highest BCUT2D eigenvalue weighted by Crippen LogP contribution is 2.38. The van der Waals surface area contributed by atoms with Crippen molar-refractivity contribution in [1.29, 1.82) is 0 Å². The predicted octanol–water partition coefficient (Wildman–Crippen LogP) is -21.0. The largest absolute Gasteiger partial charge is 0.264 e. The van der Waals surface area contributed by atoms with Crippen LogP contribution >= 0.6 is 11.6 Å². The Kier molecular flexibility index (Phi) is 43.1. The van der Waals surface area contributed by atoms with Gasteiger partial charge < -0.3 is 0 Å². The molecule has 4 rings (SSSR count). The van der Waals surface area contributed by atoms with Crippen molar-refractivity contribution in [3.05, 3.63) is 94.0 Å². The topological polar surface area (TPSA) is 37.4 Å². The second-order valence-corrected chi connectivity index (χ2v) is 29.9. The van der Waals surface area contributed by atoms with Gasteiger partial charge in [0.1, 0.15) is 11.6 Å². The van der Waals surface area contributed by atoms with Crippen LogP contribution in [-0.2, 0) is 22.9 Å². The Labute approximate surface area is 682 Å². The van der Waals surface area contributed by atoms with Crippen LogP contribution in [0.2, 0.25) is 5.02 Å². The van der Waals surface area contributed by atoms with E-state index in [0.29, 0.717) is 47.5 Å². The Balaban J connectivity index is 0.000000712. The molecule has 78 heteroatoms. The van der Waals surface area contributed by atoms with E-state index in [9.17, 15) is 17.2 Å². The van der Waals surface area contributed by atoms with E-state index in [0.717, 1.165) is 12.6 Å². The van der Waals surface area contributed by atoms with Crippen molar-refractivity contribution in [2.45, 2.75) is 43.5 Å². The van der Waals surface area contributed by atoms with E-state index in [-0.39, 0.29) is 10.9 Å². The first-order valence-electron chi connectivity index (χ1n) is 33.4. The van der Waals surface area contributed by atoms with Gasteiger partial charge in [-0.1, -0.05) is 35.4 Å². The normalized spacial score (nSPS) is 11.7. The molecule has 73 radical (unpaired) electrons. The molecular formula is C24H22B71ClF2NO2S. The van der Waals surface area contributed by atoms with Crippen molar-refractivity contribution >= 4 is 530 Å². The molecular weight excluding hydrogens is 1210 g/mol. The van der Waals surface area contributed by atoms with Gasteiger partial charge in [0, 0.05) is 514 Å². The maximum Gasteiger partial charge on any atom is 0.264 e. The van der Waals surface area contributed by atoms with Crippen LogP contribution in [0.1, 0.15) is 29.5 Å². The maximum atomic E-state index is 14.3. The number of benzene rings is 3. The third-order valence-electron chi connectivity index (χ3n) is 20.6. The molecule has 1 heterocycles. The minimum absolute atomic E-state index is 0.179. The summed E-state index contributed by atoms with van der Waals surface area (Å²) >= 11 is 5.84. The average Bonchev–Trinajstić information content (AvgIpc) is 0.723. The molecule has 0 saturated carbocycles. The lowest BCUT2D eigenvalue weighted by Gasteiger charge is -2.60. The fourth-order valence-electron chi connectivity index (χ4n) is 16.5. The lowest BCUT2D eigenvalue weighted by molar-refractivity contribution is 0.515.